The van der Waals surface area contributed by atoms with E-state index in [0.717, 1.165) is 65.4 Å². The van der Waals surface area contributed by atoms with Crippen LogP contribution in [0.1, 0.15) is 13.3 Å². The summed E-state index contributed by atoms with van der Waals surface area (Å²) in [7, 11) is 0. The number of hydrogen-bond donors (Lipinski definition) is 1. The standard InChI is InChI=1S/C13H25N3O2/c1-2-18-10-9-15-5-7-16(8-6-15)13(17)12-3-4-14-11-12/h12,14H,2-11H2,1H3. The lowest BCUT2D eigenvalue weighted by atomic mass is 10.1. The Hall–Kier alpha value is -0.650. The largest absolute Gasteiger partial charge is 0.380 e. The molecule has 1 N–H and O–H groups in total. The molecule has 104 valence electrons. The van der Waals surface area contributed by atoms with Crippen LogP contribution in [-0.2, 0) is 9.53 Å². The maximum atomic E-state index is 12.2. The Morgan fingerprint density at radius 3 is 2.72 bits per heavy atom. The first kappa shape index (κ1) is 13.8. The molecule has 0 aromatic heterocycles. The minimum atomic E-state index is 0.222. The fourth-order valence-electron chi connectivity index (χ4n) is 2.65. The van der Waals surface area contributed by atoms with Crippen molar-refractivity contribution >= 4 is 5.91 Å². The van der Waals surface area contributed by atoms with Gasteiger partial charge in [0.1, 0.15) is 0 Å². The SMILES string of the molecule is CCOCCN1CCN(C(=O)C2CCNC2)CC1. The molecule has 0 spiro atoms. The van der Waals surface area contributed by atoms with Gasteiger partial charge in [-0.1, -0.05) is 0 Å². The zero-order valence-corrected chi connectivity index (χ0v) is 11.4. The van der Waals surface area contributed by atoms with E-state index in [1.54, 1.807) is 0 Å². The van der Waals surface area contributed by atoms with E-state index < -0.39 is 0 Å². The molecule has 2 saturated heterocycles. The molecule has 0 aromatic carbocycles. The Labute approximate surface area is 109 Å². The second-order valence-corrected chi connectivity index (χ2v) is 5.05. The van der Waals surface area contributed by atoms with Crippen molar-refractivity contribution in [3.05, 3.63) is 0 Å². The molecule has 2 rings (SSSR count). The Morgan fingerprint density at radius 2 is 2.11 bits per heavy atom. The number of ether oxygens (including phenoxy) is 1. The van der Waals surface area contributed by atoms with Crippen LogP contribution in [0.15, 0.2) is 0 Å². The lowest BCUT2D eigenvalue weighted by molar-refractivity contribution is -0.136. The highest BCUT2D eigenvalue weighted by Crippen LogP contribution is 2.13. The number of piperazine rings is 1. The van der Waals surface area contributed by atoms with E-state index >= 15 is 0 Å². The number of carbonyl (C=O) groups excluding carboxylic acids is 1. The van der Waals surface area contributed by atoms with E-state index in [-0.39, 0.29) is 5.92 Å². The predicted molar refractivity (Wildman–Crippen MR) is 70.5 cm³/mol. The third-order valence-electron chi connectivity index (χ3n) is 3.85. The molecule has 0 bridgehead atoms. The zero-order valence-electron chi connectivity index (χ0n) is 11.4. The van der Waals surface area contributed by atoms with E-state index in [9.17, 15) is 4.79 Å². The molecule has 0 aliphatic carbocycles. The molecule has 1 atom stereocenters. The summed E-state index contributed by atoms with van der Waals surface area (Å²) in [6.45, 7) is 10.2. The average molecular weight is 255 g/mol. The molecular formula is C13H25N3O2. The summed E-state index contributed by atoms with van der Waals surface area (Å²) < 4.78 is 5.36. The van der Waals surface area contributed by atoms with Crippen molar-refractivity contribution in [1.82, 2.24) is 15.1 Å². The topological polar surface area (TPSA) is 44.8 Å². The summed E-state index contributed by atoms with van der Waals surface area (Å²) in [6.07, 6.45) is 1.00. The normalized spacial score (nSPS) is 25.6. The number of nitrogens with one attached hydrogen (secondary N) is 1. The molecule has 0 radical (unpaired) electrons. The molecule has 18 heavy (non-hydrogen) atoms. The predicted octanol–water partition coefficient (Wildman–Crippen LogP) is -0.223. The highest BCUT2D eigenvalue weighted by Gasteiger charge is 2.29. The fourth-order valence-corrected chi connectivity index (χ4v) is 2.65. The van der Waals surface area contributed by atoms with E-state index in [1.807, 2.05) is 11.8 Å². The number of hydrogen-bond acceptors (Lipinski definition) is 4. The summed E-state index contributed by atoms with van der Waals surface area (Å²) in [6, 6.07) is 0. The van der Waals surface area contributed by atoms with Gasteiger partial charge in [0, 0.05) is 45.9 Å². The molecule has 5 nitrogen and oxygen atoms in total. The smallest absolute Gasteiger partial charge is 0.227 e. The first-order valence-corrected chi connectivity index (χ1v) is 7.11. The van der Waals surface area contributed by atoms with Crippen LogP contribution in [0, 0.1) is 5.92 Å². The van der Waals surface area contributed by atoms with Crippen LogP contribution in [0.5, 0.6) is 0 Å². The highest BCUT2D eigenvalue weighted by molar-refractivity contribution is 5.79. The maximum Gasteiger partial charge on any atom is 0.227 e. The van der Waals surface area contributed by atoms with Crippen LogP contribution in [0.4, 0.5) is 0 Å². The first-order chi connectivity index (χ1) is 8.81. The minimum Gasteiger partial charge on any atom is -0.380 e. The monoisotopic (exact) mass is 255 g/mol. The summed E-state index contributed by atoms with van der Waals surface area (Å²) in [5, 5.41) is 3.26. The van der Waals surface area contributed by atoms with Crippen LogP contribution in [0.3, 0.4) is 0 Å². The van der Waals surface area contributed by atoms with Crippen molar-refractivity contribution in [1.29, 1.82) is 0 Å². The zero-order chi connectivity index (χ0) is 12.8. The molecular weight excluding hydrogens is 230 g/mol. The Kier molecular flexibility index (Phi) is 5.41. The summed E-state index contributed by atoms with van der Waals surface area (Å²) in [4.78, 5) is 16.6. The van der Waals surface area contributed by atoms with Gasteiger partial charge in [0.25, 0.3) is 0 Å². The first-order valence-electron chi connectivity index (χ1n) is 7.11. The van der Waals surface area contributed by atoms with E-state index in [2.05, 4.69) is 10.2 Å². The van der Waals surface area contributed by atoms with E-state index in [4.69, 9.17) is 4.74 Å². The quantitative estimate of drug-likeness (QED) is 0.690. The summed E-state index contributed by atoms with van der Waals surface area (Å²) in [5.74, 6) is 0.574. The molecule has 2 fully saturated rings. The summed E-state index contributed by atoms with van der Waals surface area (Å²) >= 11 is 0. The third kappa shape index (κ3) is 3.67. The van der Waals surface area contributed by atoms with Gasteiger partial charge in [-0.15, -0.1) is 0 Å². The molecule has 2 heterocycles. The Morgan fingerprint density at radius 1 is 1.33 bits per heavy atom. The van der Waals surface area contributed by atoms with Gasteiger partial charge in [0.15, 0.2) is 0 Å². The van der Waals surface area contributed by atoms with Crippen molar-refractivity contribution in [3.63, 3.8) is 0 Å². The van der Waals surface area contributed by atoms with Gasteiger partial charge in [-0.3, -0.25) is 9.69 Å². The van der Waals surface area contributed by atoms with Crippen LogP contribution in [-0.4, -0.2) is 74.7 Å². The molecule has 1 unspecified atom stereocenters. The summed E-state index contributed by atoms with van der Waals surface area (Å²) in [5.41, 5.74) is 0. The molecule has 2 aliphatic heterocycles. The number of amides is 1. The maximum absolute atomic E-state index is 12.2. The van der Waals surface area contributed by atoms with E-state index in [0.29, 0.717) is 5.91 Å². The molecule has 5 heteroatoms. The van der Waals surface area contributed by atoms with Crippen molar-refractivity contribution in [2.24, 2.45) is 5.92 Å². The number of nitrogens with zero attached hydrogens (tertiary/aromatic N) is 2. The third-order valence-corrected chi connectivity index (χ3v) is 3.85. The molecule has 0 aromatic rings. The van der Waals surface area contributed by atoms with Gasteiger partial charge in [-0.2, -0.15) is 0 Å². The Bertz CT molecular complexity index is 259. The van der Waals surface area contributed by atoms with Crippen molar-refractivity contribution in [2.75, 3.05) is 59.0 Å². The van der Waals surface area contributed by atoms with Crippen molar-refractivity contribution in [2.45, 2.75) is 13.3 Å². The van der Waals surface area contributed by atoms with Crippen LogP contribution < -0.4 is 5.32 Å². The van der Waals surface area contributed by atoms with Gasteiger partial charge in [-0.25, -0.2) is 0 Å². The van der Waals surface area contributed by atoms with E-state index in [1.165, 1.54) is 0 Å². The fraction of sp³-hybridized carbons (Fsp3) is 0.923. The second kappa shape index (κ2) is 7.07. The average Bonchev–Trinajstić information content (AvgIpc) is 2.93. The van der Waals surface area contributed by atoms with Crippen LogP contribution >= 0.6 is 0 Å². The lowest BCUT2D eigenvalue weighted by Crippen LogP contribution is -2.51. The van der Waals surface area contributed by atoms with Crippen LogP contribution in [0.2, 0.25) is 0 Å². The van der Waals surface area contributed by atoms with Gasteiger partial charge in [0.05, 0.1) is 12.5 Å². The Balaban J connectivity index is 1.67. The van der Waals surface area contributed by atoms with Crippen molar-refractivity contribution in [3.8, 4) is 0 Å². The molecule has 0 saturated carbocycles. The minimum absolute atomic E-state index is 0.222. The molecule has 2 aliphatic rings. The lowest BCUT2D eigenvalue weighted by Gasteiger charge is -2.35. The van der Waals surface area contributed by atoms with Crippen LogP contribution in [0.25, 0.3) is 0 Å². The highest BCUT2D eigenvalue weighted by atomic mass is 16.5. The van der Waals surface area contributed by atoms with Gasteiger partial charge >= 0.3 is 0 Å². The molecule has 1 amide bonds. The number of carbonyl (C=O) groups is 1. The van der Waals surface area contributed by atoms with Gasteiger partial charge in [-0.05, 0) is 19.9 Å². The van der Waals surface area contributed by atoms with Gasteiger partial charge in [0.2, 0.25) is 5.91 Å². The number of rotatable bonds is 5. The second-order valence-electron chi connectivity index (χ2n) is 5.05. The van der Waals surface area contributed by atoms with Gasteiger partial charge < -0.3 is 15.0 Å². The van der Waals surface area contributed by atoms with Crippen molar-refractivity contribution < 1.29 is 9.53 Å².